The SMILES string of the molecule is CCC(C(C)O)C(O)COC(=O)c1ccccc1.O=S(=O)(O)c1ccccc1. The van der Waals surface area contributed by atoms with Gasteiger partial charge in [0.15, 0.2) is 0 Å². The van der Waals surface area contributed by atoms with Crippen molar-refractivity contribution in [3.05, 3.63) is 66.2 Å². The Hall–Kier alpha value is -2.26. The van der Waals surface area contributed by atoms with E-state index in [1.807, 2.05) is 13.0 Å². The lowest BCUT2D eigenvalue weighted by atomic mass is 9.94. The fourth-order valence-electron chi connectivity index (χ4n) is 2.47. The van der Waals surface area contributed by atoms with Crippen molar-refractivity contribution in [3.8, 4) is 0 Å². The third kappa shape index (κ3) is 8.18. The van der Waals surface area contributed by atoms with E-state index in [4.69, 9.17) is 9.29 Å². The predicted molar refractivity (Wildman–Crippen MR) is 104 cm³/mol. The molecule has 0 saturated carbocycles. The van der Waals surface area contributed by atoms with E-state index >= 15 is 0 Å². The van der Waals surface area contributed by atoms with E-state index in [0.29, 0.717) is 12.0 Å². The van der Waals surface area contributed by atoms with Gasteiger partial charge in [0.25, 0.3) is 10.1 Å². The highest BCUT2D eigenvalue weighted by atomic mass is 32.2. The van der Waals surface area contributed by atoms with E-state index in [2.05, 4.69) is 0 Å². The average molecular weight is 410 g/mol. The third-order valence-corrected chi connectivity index (χ3v) is 4.89. The number of aliphatic hydroxyl groups is 2. The number of hydrogen-bond donors (Lipinski definition) is 3. The number of esters is 1. The molecule has 8 heteroatoms. The molecule has 2 aromatic carbocycles. The van der Waals surface area contributed by atoms with Crippen molar-refractivity contribution in [1.82, 2.24) is 0 Å². The number of benzene rings is 2. The normalized spacial score (nSPS) is 14.2. The van der Waals surface area contributed by atoms with Gasteiger partial charge in [0.1, 0.15) is 6.61 Å². The van der Waals surface area contributed by atoms with Crippen LogP contribution in [0.2, 0.25) is 0 Å². The summed E-state index contributed by atoms with van der Waals surface area (Å²) in [6, 6.07) is 16.0. The predicted octanol–water partition coefficient (Wildman–Crippen LogP) is 2.54. The van der Waals surface area contributed by atoms with Crippen LogP contribution in [0, 0.1) is 5.92 Å². The van der Waals surface area contributed by atoms with E-state index in [1.54, 1.807) is 49.4 Å². The van der Waals surface area contributed by atoms with Crippen LogP contribution in [-0.2, 0) is 14.9 Å². The summed E-state index contributed by atoms with van der Waals surface area (Å²) in [5, 5.41) is 19.3. The minimum Gasteiger partial charge on any atom is -0.459 e. The van der Waals surface area contributed by atoms with Crippen molar-refractivity contribution in [2.24, 2.45) is 5.92 Å². The van der Waals surface area contributed by atoms with Gasteiger partial charge in [-0.3, -0.25) is 4.55 Å². The van der Waals surface area contributed by atoms with E-state index in [-0.39, 0.29) is 17.4 Å². The molecule has 3 N–H and O–H groups in total. The minimum atomic E-state index is -4.00. The first kappa shape index (κ1) is 23.8. The van der Waals surface area contributed by atoms with Gasteiger partial charge < -0.3 is 14.9 Å². The van der Waals surface area contributed by atoms with Crippen LogP contribution in [0.5, 0.6) is 0 Å². The van der Waals surface area contributed by atoms with Crippen molar-refractivity contribution in [1.29, 1.82) is 0 Å². The Morgan fingerprint density at radius 2 is 1.50 bits per heavy atom. The fraction of sp³-hybridized carbons (Fsp3) is 0.350. The van der Waals surface area contributed by atoms with Gasteiger partial charge in [0.05, 0.1) is 22.7 Å². The fourth-order valence-corrected chi connectivity index (χ4v) is 2.97. The van der Waals surface area contributed by atoms with Gasteiger partial charge in [-0.1, -0.05) is 43.3 Å². The maximum absolute atomic E-state index is 11.6. The first-order chi connectivity index (χ1) is 13.2. The highest BCUT2D eigenvalue weighted by Crippen LogP contribution is 2.14. The molecule has 0 amide bonds. The van der Waals surface area contributed by atoms with Crippen LogP contribution in [-0.4, -0.2) is 48.0 Å². The zero-order valence-electron chi connectivity index (χ0n) is 15.8. The number of rotatable bonds is 7. The molecule has 0 bridgehead atoms. The highest BCUT2D eigenvalue weighted by molar-refractivity contribution is 7.85. The Morgan fingerprint density at radius 1 is 1.00 bits per heavy atom. The van der Waals surface area contributed by atoms with Gasteiger partial charge in [0, 0.05) is 5.92 Å². The summed E-state index contributed by atoms with van der Waals surface area (Å²) in [6.45, 7) is 3.40. The van der Waals surface area contributed by atoms with Gasteiger partial charge in [0.2, 0.25) is 0 Å². The quantitative estimate of drug-likeness (QED) is 0.474. The molecule has 0 saturated heterocycles. The summed E-state index contributed by atoms with van der Waals surface area (Å²) in [7, 11) is -4.00. The molecular formula is C20H26O7S. The van der Waals surface area contributed by atoms with Gasteiger partial charge in [-0.15, -0.1) is 0 Å². The van der Waals surface area contributed by atoms with Crippen molar-refractivity contribution in [3.63, 3.8) is 0 Å². The molecule has 0 aromatic heterocycles. The second-order valence-electron chi connectivity index (χ2n) is 6.13. The van der Waals surface area contributed by atoms with E-state index in [1.165, 1.54) is 12.1 Å². The zero-order valence-corrected chi connectivity index (χ0v) is 16.6. The highest BCUT2D eigenvalue weighted by Gasteiger charge is 2.23. The van der Waals surface area contributed by atoms with Crippen molar-refractivity contribution >= 4 is 16.1 Å². The molecule has 154 valence electrons. The van der Waals surface area contributed by atoms with Crippen LogP contribution < -0.4 is 0 Å². The van der Waals surface area contributed by atoms with Crippen molar-refractivity contribution in [2.75, 3.05) is 6.61 Å². The summed E-state index contributed by atoms with van der Waals surface area (Å²) in [5.74, 6) is -0.747. The van der Waals surface area contributed by atoms with Crippen LogP contribution in [0.25, 0.3) is 0 Å². The van der Waals surface area contributed by atoms with Crippen LogP contribution in [0.4, 0.5) is 0 Å². The topological polar surface area (TPSA) is 121 Å². The van der Waals surface area contributed by atoms with Crippen LogP contribution in [0.15, 0.2) is 65.6 Å². The first-order valence-electron chi connectivity index (χ1n) is 8.77. The van der Waals surface area contributed by atoms with Crippen molar-refractivity contribution in [2.45, 2.75) is 37.4 Å². The second-order valence-corrected chi connectivity index (χ2v) is 7.55. The van der Waals surface area contributed by atoms with Crippen LogP contribution in [0.3, 0.4) is 0 Å². The Labute approximate surface area is 165 Å². The first-order valence-corrected chi connectivity index (χ1v) is 10.2. The maximum atomic E-state index is 11.6. The molecule has 2 rings (SSSR count). The number of aliphatic hydroxyl groups excluding tert-OH is 2. The maximum Gasteiger partial charge on any atom is 0.338 e. The summed E-state index contributed by atoms with van der Waals surface area (Å²) in [4.78, 5) is 11.6. The molecule has 0 fully saturated rings. The molecule has 0 heterocycles. The van der Waals surface area contributed by atoms with Gasteiger partial charge in [-0.2, -0.15) is 8.42 Å². The average Bonchev–Trinajstić information content (AvgIpc) is 2.67. The molecule has 0 spiro atoms. The Kier molecular flexibility index (Phi) is 9.81. The largest absolute Gasteiger partial charge is 0.459 e. The number of hydrogen-bond acceptors (Lipinski definition) is 6. The molecule has 0 radical (unpaired) electrons. The molecule has 3 unspecified atom stereocenters. The molecule has 7 nitrogen and oxygen atoms in total. The number of carbonyl (C=O) groups excluding carboxylic acids is 1. The van der Waals surface area contributed by atoms with Crippen LogP contribution in [0.1, 0.15) is 30.6 Å². The summed E-state index contributed by atoms with van der Waals surface area (Å²) < 4.78 is 34.3. The van der Waals surface area contributed by atoms with Gasteiger partial charge in [-0.05, 0) is 37.6 Å². The Balaban J connectivity index is 0.000000330. The smallest absolute Gasteiger partial charge is 0.338 e. The standard InChI is InChI=1S/C14H20O4.C6H6O3S/c1-3-12(10(2)15)13(16)9-18-14(17)11-7-5-4-6-8-11;7-10(8,9)6-4-2-1-3-5-6/h4-8,10,12-13,15-16H,3,9H2,1-2H3;1-5H,(H,7,8,9). The summed E-state index contributed by atoms with van der Waals surface area (Å²) >= 11 is 0. The van der Waals surface area contributed by atoms with E-state index in [0.717, 1.165) is 0 Å². The number of ether oxygens (including phenoxy) is 1. The monoisotopic (exact) mass is 410 g/mol. The molecule has 0 aliphatic heterocycles. The Bertz CT molecular complexity index is 805. The molecule has 3 atom stereocenters. The van der Waals surface area contributed by atoms with Crippen LogP contribution >= 0.6 is 0 Å². The second kappa shape index (κ2) is 11.6. The molecule has 28 heavy (non-hydrogen) atoms. The lowest BCUT2D eigenvalue weighted by Crippen LogP contribution is -2.33. The molecule has 0 aliphatic carbocycles. The Morgan fingerprint density at radius 3 is 1.89 bits per heavy atom. The van der Waals surface area contributed by atoms with E-state index in [9.17, 15) is 23.4 Å². The third-order valence-electron chi connectivity index (χ3n) is 4.02. The summed E-state index contributed by atoms with van der Waals surface area (Å²) in [5.41, 5.74) is 0.454. The molecule has 2 aromatic rings. The van der Waals surface area contributed by atoms with Gasteiger partial charge >= 0.3 is 5.97 Å². The lowest BCUT2D eigenvalue weighted by molar-refractivity contribution is -0.0244. The van der Waals surface area contributed by atoms with E-state index < -0.39 is 28.3 Å². The number of carbonyl (C=O) groups is 1. The zero-order chi connectivity index (χ0) is 21.2. The van der Waals surface area contributed by atoms with Gasteiger partial charge in [-0.25, -0.2) is 4.79 Å². The lowest BCUT2D eigenvalue weighted by Gasteiger charge is -2.23. The molecule has 0 aliphatic rings. The summed E-state index contributed by atoms with van der Waals surface area (Å²) in [6.07, 6.45) is -0.843. The minimum absolute atomic E-state index is 0.0741. The van der Waals surface area contributed by atoms with Crippen molar-refractivity contribution < 1.29 is 32.7 Å². The molecular weight excluding hydrogens is 384 g/mol.